The van der Waals surface area contributed by atoms with Gasteiger partial charge < -0.3 is 10.2 Å². The minimum absolute atomic E-state index is 0.755. The van der Waals surface area contributed by atoms with Crippen LogP contribution in [0.3, 0.4) is 0 Å². The molecule has 0 aliphatic rings. The molecule has 0 amide bonds. The van der Waals surface area contributed by atoms with Gasteiger partial charge in [0.15, 0.2) is 0 Å². The lowest BCUT2D eigenvalue weighted by Gasteiger charge is -2.04. The summed E-state index contributed by atoms with van der Waals surface area (Å²) in [6.07, 6.45) is 0. The van der Waals surface area contributed by atoms with E-state index in [1.807, 2.05) is 49.4 Å². The molecule has 112 valence electrons. The molecule has 1 aromatic heterocycles. The Morgan fingerprint density at radius 2 is 1.35 bits per heavy atom. The lowest BCUT2D eigenvalue weighted by atomic mass is 9.97. The van der Waals surface area contributed by atoms with Crippen LogP contribution in [0.15, 0.2) is 77.2 Å². The largest absolute Gasteiger partial charge is 0.455 e. The van der Waals surface area contributed by atoms with Crippen molar-refractivity contribution >= 4 is 16.7 Å². The summed E-state index contributed by atoms with van der Waals surface area (Å²) in [5.41, 5.74) is 12.0. The Kier molecular flexibility index (Phi) is 3.16. The number of hydrogen-bond acceptors (Lipinski definition) is 2. The van der Waals surface area contributed by atoms with Crippen molar-refractivity contribution in [3.8, 4) is 22.5 Å². The monoisotopic (exact) mass is 299 g/mol. The molecule has 0 aliphatic carbocycles. The van der Waals surface area contributed by atoms with E-state index in [1.54, 1.807) is 0 Å². The van der Waals surface area contributed by atoms with Gasteiger partial charge in [0.25, 0.3) is 0 Å². The Morgan fingerprint density at radius 1 is 0.739 bits per heavy atom. The molecule has 2 heteroatoms. The van der Waals surface area contributed by atoms with E-state index >= 15 is 0 Å². The van der Waals surface area contributed by atoms with E-state index < -0.39 is 0 Å². The number of benzene rings is 3. The van der Waals surface area contributed by atoms with E-state index in [0.717, 1.165) is 44.7 Å². The van der Waals surface area contributed by atoms with Crippen molar-refractivity contribution in [1.82, 2.24) is 0 Å². The Bertz CT molecular complexity index is 969. The first-order valence-corrected chi connectivity index (χ1v) is 7.68. The van der Waals surface area contributed by atoms with Crippen LogP contribution in [-0.4, -0.2) is 0 Å². The van der Waals surface area contributed by atoms with Crippen LogP contribution in [0.4, 0.5) is 5.69 Å². The molecular formula is C21H17NO. The van der Waals surface area contributed by atoms with Gasteiger partial charge in [0, 0.05) is 27.8 Å². The second kappa shape index (κ2) is 5.33. The lowest BCUT2D eigenvalue weighted by Crippen LogP contribution is -1.88. The molecule has 0 atom stereocenters. The first-order valence-electron chi connectivity index (χ1n) is 7.68. The Labute approximate surface area is 135 Å². The van der Waals surface area contributed by atoms with Crippen molar-refractivity contribution in [1.29, 1.82) is 0 Å². The standard InChI is InChI=1S/C21H17NO/c1-14-18(22)13-12-17-19(15-8-4-2-5-9-15)21(23-20(14)17)16-10-6-3-7-11-16/h2-13H,22H2,1H3. The predicted octanol–water partition coefficient (Wildman–Crippen LogP) is 5.66. The average molecular weight is 299 g/mol. The summed E-state index contributed by atoms with van der Waals surface area (Å²) in [7, 11) is 0. The van der Waals surface area contributed by atoms with Gasteiger partial charge in [-0.1, -0.05) is 60.7 Å². The summed E-state index contributed by atoms with van der Waals surface area (Å²) >= 11 is 0. The third kappa shape index (κ3) is 2.20. The third-order valence-electron chi connectivity index (χ3n) is 4.25. The number of nitrogen functional groups attached to an aromatic ring is 1. The maximum atomic E-state index is 6.27. The van der Waals surface area contributed by atoms with Gasteiger partial charge in [0.1, 0.15) is 11.3 Å². The molecule has 0 saturated carbocycles. The second-order valence-corrected chi connectivity index (χ2v) is 5.69. The van der Waals surface area contributed by atoms with E-state index in [1.165, 1.54) is 0 Å². The molecule has 0 spiro atoms. The van der Waals surface area contributed by atoms with Crippen molar-refractivity contribution in [3.05, 3.63) is 78.4 Å². The molecule has 0 saturated heterocycles. The van der Waals surface area contributed by atoms with Crippen molar-refractivity contribution in [2.75, 3.05) is 5.73 Å². The summed E-state index contributed by atoms with van der Waals surface area (Å²) < 4.78 is 6.27. The van der Waals surface area contributed by atoms with Crippen LogP contribution in [0.2, 0.25) is 0 Å². The zero-order valence-electron chi connectivity index (χ0n) is 12.9. The minimum Gasteiger partial charge on any atom is -0.455 e. The topological polar surface area (TPSA) is 39.2 Å². The van der Waals surface area contributed by atoms with Crippen molar-refractivity contribution in [2.45, 2.75) is 6.92 Å². The fourth-order valence-electron chi connectivity index (χ4n) is 2.99. The summed E-state index contributed by atoms with van der Waals surface area (Å²) in [5.74, 6) is 0.889. The summed E-state index contributed by atoms with van der Waals surface area (Å²) in [4.78, 5) is 0. The molecule has 1 heterocycles. The maximum Gasteiger partial charge on any atom is 0.143 e. The highest BCUT2D eigenvalue weighted by Crippen LogP contribution is 2.42. The minimum atomic E-state index is 0.755. The summed E-state index contributed by atoms with van der Waals surface area (Å²) in [5, 5.41) is 1.10. The number of fused-ring (bicyclic) bond motifs is 1. The molecule has 3 aromatic carbocycles. The number of hydrogen-bond donors (Lipinski definition) is 1. The van der Waals surface area contributed by atoms with Crippen molar-refractivity contribution in [2.24, 2.45) is 0 Å². The first-order chi connectivity index (χ1) is 11.3. The molecule has 0 fully saturated rings. The number of rotatable bonds is 2. The van der Waals surface area contributed by atoms with Crippen LogP contribution in [0.25, 0.3) is 33.4 Å². The van der Waals surface area contributed by atoms with Gasteiger partial charge in [0.05, 0.1) is 0 Å². The predicted molar refractivity (Wildman–Crippen MR) is 96.2 cm³/mol. The molecule has 2 N–H and O–H groups in total. The third-order valence-corrected chi connectivity index (χ3v) is 4.25. The molecule has 0 unspecified atom stereocenters. The van der Waals surface area contributed by atoms with Crippen LogP contribution >= 0.6 is 0 Å². The molecule has 4 aromatic rings. The molecule has 4 rings (SSSR count). The Balaban J connectivity index is 2.11. The molecule has 2 nitrogen and oxygen atoms in total. The van der Waals surface area contributed by atoms with Crippen LogP contribution in [-0.2, 0) is 0 Å². The number of furan rings is 1. The fraction of sp³-hybridized carbons (Fsp3) is 0.0476. The molecule has 0 bridgehead atoms. The van der Waals surface area contributed by atoms with Crippen LogP contribution < -0.4 is 5.73 Å². The molecule has 0 radical (unpaired) electrons. The van der Waals surface area contributed by atoms with Crippen LogP contribution in [0, 0.1) is 6.92 Å². The Hall–Kier alpha value is -3.00. The smallest absolute Gasteiger partial charge is 0.143 e. The Morgan fingerprint density at radius 3 is 2.00 bits per heavy atom. The SMILES string of the molecule is Cc1c(N)ccc2c(-c3ccccc3)c(-c3ccccc3)oc12. The zero-order valence-corrected chi connectivity index (χ0v) is 12.9. The van der Waals surface area contributed by atoms with E-state index in [9.17, 15) is 0 Å². The average Bonchev–Trinajstić information content (AvgIpc) is 3.00. The maximum absolute atomic E-state index is 6.27. The quantitative estimate of drug-likeness (QED) is 0.485. The summed E-state index contributed by atoms with van der Waals surface area (Å²) in [6.45, 7) is 2.00. The van der Waals surface area contributed by atoms with E-state index in [4.69, 9.17) is 10.2 Å². The zero-order chi connectivity index (χ0) is 15.8. The lowest BCUT2D eigenvalue weighted by molar-refractivity contribution is 0.630. The second-order valence-electron chi connectivity index (χ2n) is 5.69. The number of aryl methyl sites for hydroxylation is 1. The van der Waals surface area contributed by atoms with Gasteiger partial charge >= 0.3 is 0 Å². The van der Waals surface area contributed by atoms with E-state index in [-0.39, 0.29) is 0 Å². The molecular weight excluding hydrogens is 282 g/mol. The molecule has 23 heavy (non-hydrogen) atoms. The van der Waals surface area contributed by atoms with Gasteiger partial charge in [0.2, 0.25) is 0 Å². The molecule has 0 aliphatic heterocycles. The number of anilines is 1. The van der Waals surface area contributed by atoms with Gasteiger partial charge in [-0.25, -0.2) is 0 Å². The fourth-order valence-corrected chi connectivity index (χ4v) is 2.99. The van der Waals surface area contributed by atoms with Crippen LogP contribution in [0.1, 0.15) is 5.56 Å². The highest BCUT2D eigenvalue weighted by Gasteiger charge is 2.19. The van der Waals surface area contributed by atoms with Crippen molar-refractivity contribution in [3.63, 3.8) is 0 Å². The van der Waals surface area contributed by atoms with Crippen LogP contribution in [0.5, 0.6) is 0 Å². The highest BCUT2D eigenvalue weighted by atomic mass is 16.3. The van der Waals surface area contributed by atoms with E-state index in [2.05, 4.69) is 30.3 Å². The summed E-state index contributed by atoms with van der Waals surface area (Å²) in [6, 6.07) is 24.6. The highest BCUT2D eigenvalue weighted by molar-refractivity contribution is 6.03. The van der Waals surface area contributed by atoms with Gasteiger partial charge in [-0.2, -0.15) is 0 Å². The number of nitrogens with two attached hydrogens (primary N) is 1. The first kappa shape index (κ1) is 13.6. The van der Waals surface area contributed by atoms with E-state index in [0.29, 0.717) is 0 Å². The van der Waals surface area contributed by atoms with Crippen molar-refractivity contribution < 1.29 is 4.42 Å². The van der Waals surface area contributed by atoms with Gasteiger partial charge in [-0.05, 0) is 24.6 Å². The normalized spacial score (nSPS) is 11.0. The van der Waals surface area contributed by atoms with Gasteiger partial charge in [-0.15, -0.1) is 0 Å². The van der Waals surface area contributed by atoms with Gasteiger partial charge in [-0.3, -0.25) is 0 Å².